The summed E-state index contributed by atoms with van der Waals surface area (Å²) >= 11 is 5.88. The van der Waals surface area contributed by atoms with E-state index >= 15 is 0 Å². The van der Waals surface area contributed by atoms with Gasteiger partial charge in [-0.3, -0.25) is 19.8 Å². The normalized spacial score (nSPS) is 29.3. The molecule has 4 rings (SSSR count). The lowest BCUT2D eigenvalue weighted by Gasteiger charge is -2.18. The van der Waals surface area contributed by atoms with Crippen LogP contribution in [0.25, 0.3) is 0 Å². The highest BCUT2D eigenvalue weighted by molar-refractivity contribution is 6.30. The summed E-state index contributed by atoms with van der Waals surface area (Å²) in [6, 6.07) is 5.07. The number of allylic oxidation sites excluding steroid dienone is 2. The zero-order valence-corrected chi connectivity index (χ0v) is 14.3. The second kappa shape index (κ2) is 5.88. The minimum Gasteiger partial charge on any atom is -0.483 e. The molecule has 0 radical (unpaired) electrons. The number of fused-ring (bicyclic) bond motifs is 5. The zero-order valence-electron chi connectivity index (χ0n) is 13.6. The van der Waals surface area contributed by atoms with Gasteiger partial charge in [-0.2, -0.15) is 5.01 Å². The van der Waals surface area contributed by atoms with Gasteiger partial charge in [0, 0.05) is 5.02 Å². The summed E-state index contributed by atoms with van der Waals surface area (Å²) in [5, 5.41) is 1.46. The molecule has 1 aromatic carbocycles. The number of nitrogens with zero attached hydrogens (tertiary/aromatic N) is 1. The van der Waals surface area contributed by atoms with Crippen LogP contribution < -0.4 is 10.2 Å². The molecule has 1 saturated carbocycles. The number of hydrogen-bond donors (Lipinski definition) is 1. The first-order valence-electron chi connectivity index (χ1n) is 8.20. The fourth-order valence-electron chi connectivity index (χ4n) is 4.09. The number of hydrazine groups is 1. The van der Waals surface area contributed by atoms with Gasteiger partial charge in [-0.25, -0.2) is 0 Å². The summed E-state index contributed by atoms with van der Waals surface area (Å²) in [6.45, 7) is 1.52. The number of rotatable bonds is 4. The predicted octanol–water partition coefficient (Wildman–Crippen LogP) is 1.87. The Kier molecular flexibility index (Phi) is 3.80. The number of hydrogen-bond acceptors (Lipinski definition) is 4. The van der Waals surface area contributed by atoms with Gasteiger partial charge in [-0.1, -0.05) is 23.8 Å². The average molecular weight is 361 g/mol. The molecule has 25 heavy (non-hydrogen) atoms. The van der Waals surface area contributed by atoms with Gasteiger partial charge in [-0.15, -0.1) is 0 Å². The lowest BCUT2D eigenvalue weighted by molar-refractivity contribution is -0.150. The number of amides is 3. The Morgan fingerprint density at radius 2 is 1.88 bits per heavy atom. The number of carbonyl (C=O) groups excluding carboxylic acids is 3. The number of halogens is 1. The molecule has 2 fully saturated rings. The Labute approximate surface area is 149 Å². The minimum absolute atomic E-state index is 0.112. The summed E-state index contributed by atoms with van der Waals surface area (Å²) in [5.74, 6) is -1.09. The number of ether oxygens (including phenoxy) is 1. The van der Waals surface area contributed by atoms with Crippen molar-refractivity contribution in [1.29, 1.82) is 0 Å². The van der Waals surface area contributed by atoms with Gasteiger partial charge >= 0.3 is 0 Å². The fraction of sp³-hybridized carbons (Fsp3) is 0.389. The topological polar surface area (TPSA) is 75.7 Å². The molecule has 1 aliphatic heterocycles. The van der Waals surface area contributed by atoms with Crippen molar-refractivity contribution in [2.45, 2.75) is 13.3 Å². The molecule has 4 atom stereocenters. The predicted molar refractivity (Wildman–Crippen MR) is 89.4 cm³/mol. The summed E-state index contributed by atoms with van der Waals surface area (Å²) in [7, 11) is 0. The smallest absolute Gasteiger partial charge is 0.276 e. The first kappa shape index (κ1) is 16.1. The van der Waals surface area contributed by atoms with Gasteiger partial charge in [-0.05, 0) is 48.9 Å². The van der Waals surface area contributed by atoms with E-state index in [4.69, 9.17) is 16.3 Å². The van der Waals surface area contributed by atoms with Crippen LogP contribution >= 0.6 is 11.6 Å². The van der Waals surface area contributed by atoms with E-state index in [1.807, 2.05) is 19.1 Å². The van der Waals surface area contributed by atoms with E-state index < -0.39 is 5.91 Å². The number of nitrogens with one attached hydrogen (secondary N) is 1. The standard InChI is InChI=1S/C18H17ClN2O4/c1-9-6-12(19)4-5-13(9)25-8-14(22)20-21-17(23)15-10-2-3-11(7-10)16(15)18(21)24/h2-6,10-11,15-16H,7-8H2,1H3,(H,20,22)/t10-,11-,15-,16+/m1/s1. The highest BCUT2D eigenvalue weighted by Crippen LogP contribution is 2.52. The molecule has 3 amide bonds. The van der Waals surface area contributed by atoms with Crippen molar-refractivity contribution >= 4 is 29.3 Å². The molecule has 2 bridgehead atoms. The van der Waals surface area contributed by atoms with Crippen molar-refractivity contribution in [3.8, 4) is 5.75 Å². The third kappa shape index (κ3) is 2.61. The first-order valence-corrected chi connectivity index (χ1v) is 8.58. The molecule has 1 heterocycles. The van der Waals surface area contributed by atoms with Gasteiger partial charge < -0.3 is 4.74 Å². The molecule has 1 saturated heterocycles. The molecule has 130 valence electrons. The lowest BCUT2D eigenvalue weighted by Crippen LogP contribution is -2.48. The molecule has 3 aliphatic rings. The Bertz CT molecular complexity index is 776. The molecule has 2 aliphatic carbocycles. The molecule has 1 N–H and O–H groups in total. The van der Waals surface area contributed by atoms with Gasteiger partial charge in [0.25, 0.3) is 17.7 Å². The molecular weight excluding hydrogens is 344 g/mol. The molecule has 0 spiro atoms. The second-order valence-electron chi connectivity index (χ2n) is 6.75. The van der Waals surface area contributed by atoms with E-state index in [0.29, 0.717) is 10.8 Å². The third-order valence-corrected chi connectivity index (χ3v) is 5.44. The van der Waals surface area contributed by atoms with Crippen LogP contribution in [0.1, 0.15) is 12.0 Å². The van der Waals surface area contributed by atoms with Crippen molar-refractivity contribution in [3.05, 3.63) is 40.9 Å². The highest BCUT2D eigenvalue weighted by Gasteiger charge is 2.59. The van der Waals surface area contributed by atoms with Crippen molar-refractivity contribution < 1.29 is 19.1 Å². The molecular formula is C18H17ClN2O4. The van der Waals surface area contributed by atoms with E-state index in [9.17, 15) is 14.4 Å². The molecule has 0 aromatic heterocycles. The summed E-state index contributed by atoms with van der Waals surface area (Å²) in [4.78, 5) is 37.1. The maximum atomic E-state index is 12.5. The lowest BCUT2D eigenvalue weighted by atomic mass is 9.85. The molecule has 6 nitrogen and oxygen atoms in total. The molecule has 1 aromatic rings. The summed E-state index contributed by atoms with van der Waals surface area (Å²) < 4.78 is 5.45. The van der Waals surface area contributed by atoms with Crippen molar-refractivity contribution in [1.82, 2.24) is 10.4 Å². The van der Waals surface area contributed by atoms with Crippen LogP contribution in [0.15, 0.2) is 30.4 Å². The number of aryl methyl sites for hydroxylation is 1. The third-order valence-electron chi connectivity index (χ3n) is 5.20. The monoisotopic (exact) mass is 360 g/mol. The summed E-state index contributed by atoms with van der Waals surface area (Å²) in [5.41, 5.74) is 3.19. The van der Waals surface area contributed by atoms with Gasteiger partial charge in [0.05, 0.1) is 11.8 Å². The van der Waals surface area contributed by atoms with Gasteiger partial charge in [0.15, 0.2) is 6.61 Å². The van der Waals surface area contributed by atoms with Crippen molar-refractivity contribution in [2.24, 2.45) is 23.7 Å². The molecule has 7 heteroatoms. The van der Waals surface area contributed by atoms with Crippen molar-refractivity contribution in [3.63, 3.8) is 0 Å². The number of imide groups is 1. The average Bonchev–Trinajstić information content (AvgIpc) is 3.24. The molecule has 0 unspecified atom stereocenters. The van der Waals surface area contributed by atoms with Crippen LogP contribution in [0.4, 0.5) is 0 Å². The SMILES string of the molecule is Cc1cc(Cl)ccc1OCC(=O)NN1C(=O)[C@@H]2[C@H](C1=O)[C@@H]1C=C[C@@H]2C1. The van der Waals surface area contributed by atoms with E-state index in [-0.39, 0.29) is 42.1 Å². The highest BCUT2D eigenvalue weighted by atomic mass is 35.5. The number of benzene rings is 1. The number of carbonyl (C=O) groups is 3. The summed E-state index contributed by atoms with van der Waals surface area (Å²) in [6.07, 6.45) is 4.87. The minimum atomic E-state index is -0.545. The van der Waals surface area contributed by atoms with Crippen LogP contribution in [-0.2, 0) is 14.4 Å². The van der Waals surface area contributed by atoms with E-state index in [0.717, 1.165) is 17.0 Å². The van der Waals surface area contributed by atoms with E-state index in [2.05, 4.69) is 5.43 Å². The van der Waals surface area contributed by atoms with Crippen LogP contribution in [0.2, 0.25) is 5.02 Å². The van der Waals surface area contributed by atoms with Crippen LogP contribution in [-0.4, -0.2) is 29.3 Å². The van der Waals surface area contributed by atoms with E-state index in [1.165, 1.54) is 0 Å². The Morgan fingerprint density at radius 1 is 1.24 bits per heavy atom. The Balaban J connectivity index is 1.38. The quantitative estimate of drug-likeness (QED) is 0.657. The first-order chi connectivity index (χ1) is 12.0. The largest absolute Gasteiger partial charge is 0.483 e. The van der Waals surface area contributed by atoms with Gasteiger partial charge in [0.1, 0.15) is 5.75 Å². The van der Waals surface area contributed by atoms with Crippen LogP contribution in [0.5, 0.6) is 5.75 Å². The zero-order chi connectivity index (χ0) is 17.7. The van der Waals surface area contributed by atoms with Crippen LogP contribution in [0.3, 0.4) is 0 Å². The maximum absolute atomic E-state index is 12.5. The fourth-order valence-corrected chi connectivity index (χ4v) is 4.31. The second-order valence-corrected chi connectivity index (χ2v) is 7.18. The Morgan fingerprint density at radius 3 is 2.48 bits per heavy atom. The van der Waals surface area contributed by atoms with E-state index in [1.54, 1.807) is 18.2 Å². The maximum Gasteiger partial charge on any atom is 0.276 e. The van der Waals surface area contributed by atoms with Crippen molar-refractivity contribution in [2.75, 3.05) is 6.61 Å². The van der Waals surface area contributed by atoms with Crippen LogP contribution in [0, 0.1) is 30.6 Å². The van der Waals surface area contributed by atoms with Gasteiger partial charge in [0.2, 0.25) is 0 Å². The Hall–Kier alpha value is -2.34.